The maximum absolute atomic E-state index is 13.1. The fourth-order valence-electron chi connectivity index (χ4n) is 4.77. The largest absolute Gasteiger partial charge is 0.341 e. The van der Waals surface area contributed by atoms with Crippen LogP contribution in [0, 0.1) is 0 Å². The van der Waals surface area contributed by atoms with E-state index in [4.69, 9.17) is 4.98 Å². The lowest BCUT2D eigenvalue weighted by Gasteiger charge is -2.22. The van der Waals surface area contributed by atoms with Crippen molar-refractivity contribution >= 4 is 22.8 Å². The SMILES string of the molecule is O=C(Cn1c([C@H]2CC(=O)N(C3CC3)C2)nc2ccccc21)N1CCCCCC1. The normalized spacial score (nSPS) is 23.4. The van der Waals surface area contributed by atoms with E-state index in [0.29, 0.717) is 19.0 Å². The van der Waals surface area contributed by atoms with Crippen molar-refractivity contribution in [3.8, 4) is 0 Å². The van der Waals surface area contributed by atoms with E-state index in [2.05, 4.69) is 4.57 Å². The van der Waals surface area contributed by atoms with E-state index in [0.717, 1.165) is 62.2 Å². The molecule has 2 aromatic rings. The second kappa shape index (κ2) is 7.22. The summed E-state index contributed by atoms with van der Waals surface area (Å²) in [7, 11) is 0. The Morgan fingerprint density at radius 2 is 1.82 bits per heavy atom. The summed E-state index contributed by atoms with van der Waals surface area (Å²) in [5, 5.41) is 0. The molecule has 28 heavy (non-hydrogen) atoms. The van der Waals surface area contributed by atoms with Gasteiger partial charge >= 0.3 is 0 Å². The first-order valence-corrected chi connectivity index (χ1v) is 10.7. The maximum atomic E-state index is 13.1. The van der Waals surface area contributed by atoms with Crippen LogP contribution in [0.5, 0.6) is 0 Å². The number of rotatable bonds is 4. The Balaban J connectivity index is 1.44. The molecule has 1 aliphatic carbocycles. The molecule has 0 spiro atoms. The number of para-hydroxylation sites is 2. The van der Waals surface area contributed by atoms with Crippen LogP contribution in [0.2, 0.25) is 0 Å². The van der Waals surface area contributed by atoms with E-state index < -0.39 is 0 Å². The fourth-order valence-corrected chi connectivity index (χ4v) is 4.77. The number of amides is 2. The van der Waals surface area contributed by atoms with Crippen LogP contribution in [0.3, 0.4) is 0 Å². The lowest BCUT2D eigenvalue weighted by atomic mass is 10.1. The molecule has 3 fully saturated rings. The predicted octanol–water partition coefficient (Wildman–Crippen LogP) is 2.92. The van der Waals surface area contributed by atoms with Gasteiger partial charge in [0.15, 0.2) is 0 Å². The third-order valence-corrected chi connectivity index (χ3v) is 6.45. The summed E-state index contributed by atoms with van der Waals surface area (Å²) in [5.41, 5.74) is 1.91. The molecule has 5 rings (SSSR count). The lowest BCUT2D eigenvalue weighted by molar-refractivity contribution is -0.131. The highest BCUT2D eigenvalue weighted by atomic mass is 16.2. The number of fused-ring (bicyclic) bond motifs is 1. The first-order valence-electron chi connectivity index (χ1n) is 10.7. The Labute approximate surface area is 165 Å². The van der Waals surface area contributed by atoms with Crippen LogP contribution in [0.25, 0.3) is 11.0 Å². The second-order valence-electron chi connectivity index (χ2n) is 8.52. The van der Waals surface area contributed by atoms with Crippen LogP contribution in [0.4, 0.5) is 0 Å². The van der Waals surface area contributed by atoms with Gasteiger partial charge in [-0.15, -0.1) is 0 Å². The van der Waals surface area contributed by atoms with Gasteiger partial charge in [-0.05, 0) is 37.8 Å². The number of hydrogen-bond acceptors (Lipinski definition) is 3. The topological polar surface area (TPSA) is 58.4 Å². The maximum Gasteiger partial charge on any atom is 0.242 e. The molecule has 6 nitrogen and oxygen atoms in total. The quantitative estimate of drug-likeness (QED) is 0.819. The molecule has 1 aromatic carbocycles. The molecule has 0 unspecified atom stereocenters. The van der Waals surface area contributed by atoms with Gasteiger partial charge in [0.05, 0.1) is 11.0 Å². The third kappa shape index (κ3) is 3.29. The van der Waals surface area contributed by atoms with Crippen LogP contribution in [0.15, 0.2) is 24.3 Å². The van der Waals surface area contributed by atoms with Crippen molar-refractivity contribution in [1.29, 1.82) is 0 Å². The Bertz CT molecular complexity index is 893. The zero-order chi connectivity index (χ0) is 19.1. The minimum absolute atomic E-state index is 0.0810. The molecular weight excluding hydrogens is 352 g/mol. The van der Waals surface area contributed by atoms with Gasteiger partial charge in [0.2, 0.25) is 11.8 Å². The minimum atomic E-state index is 0.0810. The van der Waals surface area contributed by atoms with Gasteiger partial charge in [0.25, 0.3) is 0 Å². The summed E-state index contributed by atoms with van der Waals surface area (Å²) in [6.45, 7) is 2.78. The van der Waals surface area contributed by atoms with Crippen molar-refractivity contribution < 1.29 is 9.59 Å². The highest BCUT2D eigenvalue weighted by molar-refractivity contribution is 5.83. The molecule has 0 N–H and O–H groups in total. The number of aromatic nitrogens is 2. The highest BCUT2D eigenvalue weighted by Gasteiger charge is 2.41. The molecule has 1 aromatic heterocycles. The van der Waals surface area contributed by atoms with Gasteiger partial charge in [-0.2, -0.15) is 0 Å². The highest BCUT2D eigenvalue weighted by Crippen LogP contribution is 2.37. The van der Waals surface area contributed by atoms with E-state index in [1.807, 2.05) is 34.1 Å². The number of hydrogen-bond donors (Lipinski definition) is 0. The van der Waals surface area contributed by atoms with Gasteiger partial charge < -0.3 is 14.4 Å². The van der Waals surface area contributed by atoms with E-state index in [1.54, 1.807) is 0 Å². The number of imidazole rings is 1. The smallest absolute Gasteiger partial charge is 0.242 e. The Hall–Kier alpha value is -2.37. The van der Waals surface area contributed by atoms with Crippen molar-refractivity contribution in [3.05, 3.63) is 30.1 Å². The monoisotopic (exact) mass is 380 g/mol. The Kier molecular flexibility index (Phi) is 4.57. The zero-order valence-electron chi connectivity index (χ0n) is 16.3. The average molecular weight is 380 g/mol. The van der Waals surface area contributed by atoms with Crippen molar-refractivity contribution in [3.63, 3.8) is 0 Å². The number of nitrogens with zero attached hydrogens (tertiary/aromatic N) is 4. The molecule has 1 saturated carbocycles. The molecule has 2 aliphatic heterocycles. The van der Waals surface area contributed by atoms with E-state index in [1.165, 1.54) is 12.8 Å². The van der Waals surface area contributed by atoms with Gasteiger partial charge in [0.1, 0.15) is 12.4 Å². The lowest BCUT2D eigenvalue weighted by Crippen LogP contribution is -2.35. The number of carbonyl (C=O) groups is 2. The van der Waals surface area contributed by atoms with Crippen LogP contribution >= 0.6 is 0 Å². The Morgan fingerprint density at radius 1 is 1.07 bits per heavy atom. The third-order valence-electron chi connectivity index (χ3n) is 6.45. The summed E-state index contributed by atoms with van der Waals surface area (Å²) in [6, 6.07) is 8.46. The van der Waals surface area contributed by atoms with E-state index in [9.17, 15) is 9.59 Å². The van der Waals surface area contributed by atoms with Crippen LogP contribution in [-0.4, -0.2) is 56.8 Å². The molecule has 3 heterocycles. The molecule has 148 valence electrons. The molecule has 0 radical (unpaired) electrons. The summed E-state index contributed by atoms with van der Waals surface area (Å²) in [4.78, 5) is 34.5. The van der Waals surface area contributed by atoms with Crippen LogP contribution < -0.4 is 0 Å². The standard InChI is InChI=1S/C22H28N4O2/c27-20-13-16(14-25(20)17-9-10-17)22-23-18-7-3-4-8-19(18)26(22)15-21(28)24-11-5-1-2-6-12-24/h3-4,7-8,16-17H,1-2,5-6,9-15H2/t16-/m0/s1. The van der Waals surface area contributed by atoms with Gasteiger partial charge in [-0.1, -0.05) is 25.0 Å². The number of benzene rings is 1. The summed E-state index contributed by atoms with van der Waals surface area (Å²) >= 11 is 0. The molecule has 0 bridgehead atoms. The van der Waals surface area contributed by atoms with Crippen molar-refractivity contribution in [2.24, 2.45) is 0 Å². The van der Waals surface area contributed by atoms with Crippen molar-refractivity contribution in [1.82, 2.24) is 19.4 Å². The summed E-state index contributed by atoms with van der Waals surface area (Å²) in [5.74, 6) is 1.40. The number of likely N-dealkylation sites (tertiary alicyclic amines) is 2. The molecule has 2 amide bonds. The first kappa shape index (κ1) is 17.7. The second-order valence-corrected chi connectivity index (χ2v) is 8.52. The van der Waals surface area contributed by atoms with Gasteiger partial charge in [-0.25, -0.2) is 4.98 Å². The van der Waals surface area contributed by atoms with Crippen molar-refractivity contribution in [2.75, 3.05) is 19.6 Å². The summed E-state index contributed by atoms with van der Waals surface area (Å²) < 4.78 is 2.08. The van der Waals surface area contributed by atoms with Crippen molar-refractivity contribution in [2.45, 2.75) is 63.5 Å². The molecule has 1 atom stereocenters. The van der Waals surface area contributed by atoms with Gasteiger partial charge in [-0.3, -0.25) is 9.59 Å². The Morgan fingerprint density at radius 3 is 2.57 bits per heavy atom. The average Bonchev–Trinajstić information content (AvgIpc) is 3.44. The van der Waals surface area contributed by atoms with E-state index >= 15 is 0 Å². The summed E-state index contributed by atoms with van der Waals surface area (Å²) in [6.07, 6.45) is 7.38. The molecule has 3 aliphatic rings. The molecular formula is C22H28N4O2. The fraction of sp³-hybridized carbons (Fsp3) is 0.591. The van der Waals surface area contributed by atoms with E-state index in [-0.39, 0.29) is 17.7 Å². The zero-order valence-corrected chi connectivity index (χ0v) is 16.3. The number of carbonyl (C=O) groups excluding carboxylic acids is 2. The van der Waals surface area contributed by atoms with Gasteiger partial charge in [0, 0.05) is 38.0 Å². The van der Waals surface area contributed by atoms with Crippen LogP contribution in [-0.2, 0) is 16.1 Å². The minimum Gasteiger partial charge on any atom is -0.341 e. The molecule has 6 heteroatoms. The first-order chi connectivity index (χ1) is 13.7. The molecule has 2 saturated heterocycles. The van der Waals surface area contributed by atoms with Crippen LogP contribution in [0.1, 0.15) is 56.7 Å². The predicted molar refractivity (Wildman–Crippen MR) is 107 cm³/mol.